The van der Waals surface area contributed by atoms with Crippen molar-refractivity contribution in [1.82, 2.24) is 5.43 Å². The molecule has 0 saturated carbocycles. The molecule has 2 heterocycles. The van der Waals surface area contributed by atoms with Crippen LogP contribution < -0.4 is 10.4 Å². The number of nitro benzene ring substituents is 1. The van der Waals surface area contributed by atoms with Gasteiger partial charge in [-0.1, -0.05) is 12.1 Å². The lowest BCUT2D eigenvalue weighted by Crippen LogP contribution is -2.35. The highest BCUT2D eigenvalue weighted by molar-refractivity contribution is 6.31. The van der Waals surface area contributed by atoms with Crippen LogP contribution in [0.3, 0.4) is 0 Å². The van der Waals surface area contributed by atoms with Crippen LogP contribution in [0.1, 0.15) is 11.3 Å². The number of hydrogen-bond acceptors (Lipinski definition) is 5. The van der Waals surface area contributed by atoms with Gasteiger partial charge in [-0.3, -0.25) is 25.1 Å². The molecule has 29 heavy (non-hydrogen) atoms. The molecule has 1 N–H and O–H groups in total. The molecule has 1 fully saturated rings. The van der Waals surface area contributed by atoms with E-state index in [2.05, 4.69) is 5.43 Å². The molecular weight excluding hydrogens is 374 g/mol. The largest absolute Gasteiger partial charge is 0.457 e. The van der Waals surface area contributed by atoms with E-state index in [0.717, 1.165) is 5.56 Å². The molecule has 8 heteroatoms. The van der Waals surface area contributed by atoms with E-state index in [1.807, 2.05) is 13.0 Å². The minimum absolute atomic E-state index is 0.0212. The van der Waals surface area contributed by atoms with Gasteiger partial charge in [-0.2, -0.15) is 0 Å². The molecule has 1 aliphatic rings. The van der Waals surface area contributed by atoms with Crippen molar-refractivity contribution in [1.29, 1.82) is 0 Å². The monoisotopic (exact) mass is 389 g/mol. The van der Waals surface area contributed by atoms with Gasteiger partial charge in [-0.05, 0) is 55.0 Å². The van der Waals surface area contributed by atoms with E-state index in [1.54, 1.807) is 42.5 Å². The lowest BCUT2D eigenvalue weighted by molar-refractivity contribution is -0.384. The number of anilines is 1. The summed E-state index contributed by atoms with van der Waals surface area (Å²) in [5.74, 6) is -0.213. The zero-order chi connectivity index (χ0) is 20.5. The van der Waals surface area contributed by atoms with Crippen molar-refractivity contribution >= 4 is 29.3 Å². The third kappa shape index (κ3) is 3.51. The summed E-state index contributed by atoms with van der Waals surface area (Å²) in [6.07, 6.45) is 1.38. The number of carbonyl (C=O) groups excluding carboxylic acids is 2. The Kier molecular flexibility index (Phi) is 4.44. The molecule has 0 unspecified atom stereocenters. The Morgan fingerprint density at radius 2 is 1.83 bits per heavy atom. The number of benzene rings is 2. The van der Waals surface area contributed by atoms with Gasteiger partial charge >= 0.3 is 0 Å². The molecule has 1 aromatic heterocycles. The zero-order valence-corrected chi connectivity index (χ0v) is 15.3. The maximum atomic E-state index is 12.7. The van der Waals surface area contributed by atoms with Crippen LogP contribution in [0.25, 0.3) is 17.4 Å². The average molecular weight is 389 g/mol. The highest BCUT2D eigenvalue weighted by Crippen LogP contribution is 2.27. The molecule has 0 atom stereocenters. The van der Waals surface area contributed by atoms with Crippen molar-refractivity contribution in [3.05, 3.63) is 87.7 Å². The molecule has 2 aromatic carbocycles. The Balaban J connectivity index is 1.59. The molecule has 8 nitrogen and oxygen atoms in total. The number of nitro groups is 1. The maximum Gasteiger partial charge on any atom is 0.282 e. The SMILES string of the molecule is Cc1cccc(N2NC(=O)/C(=C\c3ccc(-c4ccc([N+](=O)[O-])cc4)o3)C2=O)c1. The first-order chi connectivity index (χ1) is 13.9. The van der Waals surface area contributed by atoms with Crippen molar-refractivity contribution in [2.24, 2.45) is 0 Å². The van der Waals surface area contributed by atoms with E-state index in [-0.39, 0.29) is 11.3 Å². The molecule has 0 radical (unpaired) electrons. The number of nitrogens with one attached hydrogen (secondary N) is 1. The van der Waals surface area contributed by atoms with Crippen LogP contribution in [0.4, 0.5) is 11.4 Å². The third-order valence-electron chi connectivity index (χ3n) is 4.43. The summed E-state index contributed by atoms with van der Waals surface area (Å²) in [7, 11) is 0. The van der Waals surface area contributed by atoms with Crippen molar-refractivity contribution in [3.63, 3.8) is 0 Å². The lowest BCUT2D eigenvalue weighted by Gasteiger charge is -2.14. The second-order valence-electron chi connectivity index (χ2n) is 6.48. The first-order valence-electron chi connectivity index (χ1n) is 8.71. The maximum absolute atomic E-state index is 12.7. The summed E-state index contributed by atoms with van der Waals surface area (Å²) < 4.78 is 5.69. The van der Waals surface area contributed by atoms with Gasteiger partial charge in [0.05, 0.1) is 10.6 Å². The van der Waals surface area contributed by atoms with Crippen molar-refractivity contribution < 1.29 is 18.9 Å². The molecule has 0 aliphatic carbocycles. The number of amides is 2. The fraction of sp³-hybridized carbons (Fsp3) is 0.0476. The van der Waals surface area contributed by atoms with Crippen LogP contribution in [0.2, 0.25) is 0 Å². The predicted octanol–water partition coefficient (Wildman–Crippen LogP) is 3.62. The molecular formula is C21H15N3O5. The number of non-ortho nitro benzene ring substituents is 1. The van der Waals surface area contributed by atoms with E-state index in [0.29, 0.717) is 22.8 Å². The van der Waals surface area contributed by atoms with Crippen molar-refractivity contribution in [2.75, 3.05) is 5.01 Å². The summed E-state index contributed by atoms with van der Waals surface area (Å²) in [5, 5.41) is 12.0. The van der Waals surface area contributed by atoms with Gasteiger partial charge in [0, 0.05) is 17.7 Å². The Morgan fingerprint density at radius 3 is 2.52 bits per heavy atom. The van der Waals surface area contributed by atoms with Gasteiger partial charge in [0.1, 0.15) is 17.1 Å². The number of aryl methyl sites for hydroxylation is 1. The second-order valence-corrected chi connectivity index (χ2v) is 6.48. The summed E-state index contributed by atoms with van der Waals surface area (Å²) >= 11 is 0. The normalized spacial score (nSPS) is 15.1. The minimum atomic E-state index is -0.523. The molecule has 144 valence electrons. The number of hydrogen-bond donors (Lipinski definition) is 1. The smallest absolute Gasteiger partial charge is 0.282 e. The molecule has 3 aromatic rings. The summed E-state index contributed by atoms with van der Waals surface area (Å²) in [6.45, 7) is 1.89. The van der Waals surface area contributed by atoms with Gasteiger partial charge in [-0.15, -0.1) is 0 Å². The molecule has 0 spiro atoms. The van der Waals surface area contributed by atoms with Gasteiger partial charge in [-0.25, -0.2) is 5.01 Å². The number of carbonyl (C=O) groups is 2. The summed E-state index contributed by atoms with van der Waals surface area (Å²) in [6, 6.07) is 16.4. The second kappa shape index (κ2) is 7.08. The number of hydrazine groups is 1. The minimum Gasteiger partial charge on any atom is -0.457 e. The van der Waals surface area contributed by atoms with Crippen LogP contribution in [0.5, 0.6) is 0 Å². The van der Waals surface area contributed by atoms with E-state index in [1.165, 1.54) is 23.2 Å². The predicted molar refractivity (Wildman–Crippen MR) is 106 cm³/mol. The topological polar surface area (TPSA) is 106 Å². The average Bonchev–Trinajstić information content (AvgIpc) is 3.28. The number of nitrogens with zero attached hydrogens (tertiary/aromatic N) is 2. The summed E-state index contributed by atoms with van der Waals surface area (Å²) in [5.41, 5.74) is 4.65. The fourth-order valence-electron chi connectivity index (χ4n) is 2.98. The van der Waals surface area contributed by atoms with Crippen LogP contribution >= 0.6 is 0 Å². The third-order valence-corrected chi connectivity index (χ3v) is 4.43. The van der Waals surface area contributed by atoms with Gasteiger partial charge in [0.2, 0.25) is 0 Å². The van der Waals surface area contributed by atoms with Crippen molar-refractivity contribution in [2.45, 2.75) is 6.92 Å². The van der Waals surface area contributed by atoms with Crippen molar-refractivity contribution in [3.8, 4) is 11.3 Å². The van der Waals surface area contributed by atoms with Gasteiger partial charge < -0.3 is 4.42 Å². The van der Waals surface area contributed by atoms with Gasteiger partial charge in [0.25, 0.3) is 17.5 Å². The number of furan rings is 1. The Morgan fingerprint density at radius 1 is 1.07 bits per heavy atom. The molecule has 1 saturated heterocycles. The van der Waals surface area contributed by atoms with E-state index >= 15 is 0 Å². The number of rotatable bonds is 4. The Bertz CT molecular complexity index is 1160. The van der Waals surface area contributed by atoms with E-state index in [9.17, 15) is 19.7 Å². The Hall–Kier alpha value is -4.20. The standard InChI is InChI=1S/C21H15N3O5/c1-13-3-2-4-16(11-13)23-21(26)18(20(25)22-23)12-17-9-10-19(29-17)14-5-7-15(8-6-14)24(27)28/h2-12H,1H3,(H,22,25)/b18-12+. The van der Waals surface area contributed by atoms with E-state index in [4.69, 9.17) is 4.42 Å². The van der Waals surface area contributed by atoms with Gasteiger partial charge in [0.15, 0.2) is 0 Å². The molecule has 1 aliphatic heterocycles. The zero-order valence-electron chi connectivity index (χ0n) is 15.3. The van der Waals surface area contributed by atoms with Crippen LogP contribution in [-0.4, -0.2) is 16.7 Å². The molecule has 4 rings (SSSR count). The molecule has 0 bridgehead atoms. The highest BCUT2D eigenvalue weighted by atomic mass is 16.6. The first-order valence-corrected chi connectivity index (χ1v) is 8.71. The Labute approximate surface area is 165 Å². The lowest BCUT2D eigenvalue weighted by atomic mass is 10.1. The van der Waals surface area contributed by atoms with Crippen LogP contribution in [0.15, 0.2) is 70.7 Å². The first kappa shape index (κ1) is 18.2. The van der Waals surface area contributed by atoms with Crippen LogP contribution in [-0.2, 0) is 9.59 Å². The fourth-order valence-corrected chi connectivity index (χ4v) is 2.98. The van der Waals surface area contributed by atoms with E-state index < -0.39 is 16.7 Å². The highest BCUT2D eigenvalue weighted by Gasteiger charge is 2.34. The summed E-state index contributed by atoms with van der Waals surface area (Å²) in [4.78, 5) is 35.2. The molecule has 2 amide bonds. The quantitative estimate of drug-likeness (QED) is 0.317. The van der Waals surface area contributed by atoms with Crippen LogP contribution in [0, 0.1) is 17.0 Å².